The number of rotatable bonds is 10. The summed E-state index contributed by atoms with van der Waals surface area (Å²) in [7, 11) is -0.817. The van der Waals surface area contributed by atoms with E-state index in [1.165, 1.54) is 20.5 Å². The van der Waals surface area contributed by atoms with Gasteiger partial charge in [0, 0.05) is 14.2 Å². The SMILES string of the molecule is COC(OC)C(C)NP(=O)(O)COC(C)Cn1cnc2c(N)ncnc21. The molecule has 0 saturated carbocycles. The molecule has 2 heterocycles. The van der Waals surface area contributed by atoms with Crippen LogP contribution in [0, 0.1) is 0 Å². The lowest BCUT2D eigenvalue weighted by Gasteiger charge is -2.25. The molecule has 0 aliphatic rings. The lowest BCUT2D eigenvalue weighted by Crippen LogP contribution is -2.38. The van der Waals surface area contributed by atoms with Gasteiger partial charge in [-0.15, -0.1) is 0 Å². The van der Waals surface area contributed by atoms with Crippen LogP contribution in [0.25, 0.3) is 11.2 Å². The molecule has 2 rings (SSSR count). The van der Waals surface area contributed by atoms with Gasteiger partial charge in [0.1, 0.15) is 18.2 Å². The van der Waals surface area contributed by atoms with E-state index in [-0.39, 0.29) is 12.5 Å². The molecular formula is C14H25N6O5P. The largest absolute Gasteiger partial charge is 0.382 e. The molecule has 0 aromatic carbocycles. The zero-order valence-electron chi connectivity index (χ0n) is 15.2. The second-order valence-electron chi connectivity index (χ2n) is 5.89. The normalized spacial score (nSPS) is 16.7. The number of fused-ring (bicyclic) bond motifs is 1. The molecule has 3 atom stereocenters. The fraction of sp³-hybridized carbons (Fsp3) is 0.643. The van der Waals surface area contributed by atoms with Crippen molar-refractivity contribution in [1.82, 2.24) is 24.6 Å². The Labute approximate surface area is 151 Å². The Bertz CT molecular complexity index is 767. The number of imidazole rings is 1. The first-order valence-corrected chi connectivity index (χ1v) is 9.80. The third-order valence-electron chi connectivity index (χ3n) is 3.70. The summed E-state index contributed by atoms with van der Waals surface area (Å²) in [5.74, 6) is 0.297. The van der Waals surface area contributed by atoms with Crippen molar-refractivity contribution in [3.05, 3.63) is 12.7 Å². The van der Waals surface area contributed by atoms with Gasteiger partial charge >= 0.3 is 0 Å². The van der Waals surface area contributed by atoms with Crippen molar-refractivity contribution in [2.75, 3.05) is 26.3 Å². The summed E-state index contributed by atoms with van der Waals surface area (Å²) in [6, 6.07) is -0.489. The second-order valence-corrected chi connectivity index (χ2v) is 7.81. The monoisotopic (exact) mass is 388 g/mol. The Hall–Kier alpha value is -1.62. The van der Waals surface area contributed by atoms with Crippen molar-refractivity contribution >= 4 is 24.5 Å². The molecule has 0 fully saturated rings. The summed E-state index contributed by atoms with van der Waals surface area (Å²) in [4.78, 5) is 22.3. The minimum Gasteiger partial charge on any atom is -0.382 e. The number of anilines is 1. The highest BCUT2D eigenvalue weighted by molar-refractivity contribution is 7.55. The molecule has 0 aliphatic heterocycles. The van der Waals surface area contributed by atoms with E-state index in [4.69, 9.17) is 19.9 Å². The molecule has 4 N–H and O–H groups in total. The van der Waals surface area contributed by atoms with Crippen LogP contribution in [0.4, 0.5) is 5.82 Å². The molecule has 146 valence electrons. The summed E-state index contributed by atoms with van der Waals surface area (Å²) in [6.45, 7) is 3.86. The standard InChI is InChI=1S/C14H25N6O5P/c1-9(5-20-7-18-11-12(15)16-6-17-13(11)20)25-8-26(21,22)19-10(2)14(23-3)24-4/h6-7,9-10,14H,5,8H2,1-4H3,(H2,15,16,17)(H2,19,21,22). The Morgan fingerprint density at radius 3 is 2.65 bits per heavy atom. The van der Waals surface area contributed by atoms with Gasteiger partial charge in [0.25, 0.3) is 7.52 Å². The molecule has 0 radical (unpaired) electrons. The van der Waals surface area contributed by atoms with Crippen LogP contribution in [-0.4, -0.2) is 63.4 Å². The fourth-order valence-corrected chi connectivity index (χ4v) is 3.80. The minimum atomic E-state index is -3.73. The fourth-order valence-electron chi connectivity index (χ4n) is 2.51. The van der Waals surface area contributed by atoms with Crippen LogP contribution >= 0.6 is 7.52 Å². The summed E-state index contributed by atoms with van der Waals surface area (Å²) >= 11 is 0. The smallest absolute Gasteiger partial charge is 0.292 e. The van der Waals surface area contributed by atoms with E-state index in [1.807, 2.05) is 0 Å². The number of hydrogen-bond donors (Lipinski definition) is 3. The highest BCUT2D eigenvalue weighted by atomic mass is 31.2. The summed E-state index contributed by atoms with van der Waals surface area (Å²) in [5.41, 5.74) is 6.84. The Morgan fingerprint density at radius 1 is 1.31 bits per heavy atom. The van der Waals surface area contributed by atoms with E-state index in [0.717, 1.165) is 0 Å². The Kier molecular flexibility index (Phi) is 7.04. The Balaban J connectivity index is 1.92. The number of hydrogen-bond acceptors (Lipinski definition) is 8. The lowest BCUT2D eigenvalue weighted by atomic mass is 10.3. The van der Waals surface area contributed by atoms with Gasteiger partial charge in [0.2, 0.25) is 0 Å². The summed E-state index contributed by atoms with van der Waals surface area (Å²) < 4.78 is 29.7. The first-order chi connectivity index (χ1) is 12.3. The van der Waals surface area contributed by atoms with E-state index < -0.39 is 19.9 Å². The Morgan fingerprint density at radius 2 is 2.00 bits per heavy atom. The van der Waals surface area contributed by atoms with Crippen molar-refractivity contribution < 1.29 is 23.7 Å². The number of methoxy groups -OCH3 is 2. The van der Waals surface area contributed by atoms with Crippen molar-refractivity contribution in [3.63, 3.8) is 0 Å². The maximum absolute atomic E-state index is 12.3. The molecule has 2 aromatic heterocycles. The average molecular weight is 388 g/mol. The van der Waals surface area contributed by atoms with Crippen LogP contribution in [-0.2, 0) is 25.3 Å². The zero-order valence-corrected chi connectivity index (χ0v) is 16.1. The second kappa shape index (κ2) is 8.85. The third kappa shape index (κ3) is 5.19. The molecule has 0 spiro atoms. The number of aromatic nitrogens is 4. The van der Waals surface area contributed by atoms with E-state index in [1.54, 1.807) is 24.7 Å². The molecule has 12 heteroatoms. The van der Waals surface area contributed by atoms with Gasteiger partial charge in [-0.1, -0.05) is 0 Å². The van der Waals surface area contributed by atoms with Gasteiger partial charge in [-0.05, 0) is 13.8 Å². The van der Waals surface area contributed by atoms with E-state index in [9.17, 15) is 9.46 Å². The highest BCUT2D eigenvalue weighted by Gasteiger charge is 2.27. The highest BCUT2D eigenvalue weighted by Crippen LogP contribution is 2.37. The molecule has 26 heavy (non-hydrogen) atoms. The molecule has 0 bridgehead atoms. The van der Waals surface area contributed by atoms with E-state index >= 15 is 0 Å². The third-order valence-corrected chi connectivity index (χ3v) is 5.01. The minimum absolute atomic E-state index is 0.297. The molecule has 0 aliphatic carbocycles. The van der Waals surface area contributed by atoms with Gasteiger partial charge in [-0.3, -0.25) is 4.57 Å². The number of nitrogens with one attached hydrogen (secondary N) is 1. The molecule has 3 unspecified atom stereocenters. The van der Waals surface area contributed by atoms with Crippen LogP contribution in [0.15, 0.2) is 12.7 Å². The van der Waals surface area contributed by atoms with Crippen molar-refractivity contribution in [2.45, 2.75) is 38.8 Å². The van der Waals surface area contributed by atoms with Crippen molar-refractivity contribution in [3.8, 4) is 0 Å². The van der Waals surface area contributed by atoms with Crippen molar-refractivity contribution in [2.24, 2.45) is 0 Å². The molecule has 11 nitrogen and oxygen atoms in total. The molecular weight excluding hydrogens is 363 g/mol. The van der Waals surface area contributed by atoms with Crippen LogP contribution in [0.3, 0.4) is 0 Å². The van der Waals surface area contributed by atoms with Crippen molar-refractivity contribution in [1.29, 1.82) is 0 Å². The van der Waals surface area contributed by atoms with Crippen LogP contribution in [0.5, 0.6) is 0 Å². The maximum atomic E-state index is 12.3. The van der Waals surface area contributed by atoms with Gasteiger partial charge in [0.15, 0.2) is 17.8 Å². The van der Waals surface area contributed by atoms with Crippen LogP contribution in [0.2, 0.25) is 0 Å². The quantitative estimate of drug-likeness (QED) is 0.389. The predicted molar refractivity (Wildman–Crippen MR) is 95.4 cm³/mol. The lowest BCUT2D eigenvalue weighted by molar-refractivity contribution is -0.116. The maximum Gasteiger partial charge on any atom is 0.292 e. The van der Waals surface area contributed by atoms with E-state index in [0.29, 0.717) is 23.5 Å². The predicted octanol–water partition coefficient (Wildman–Crippen LogP) is 0.553. The topological polar surface area (TPSA) is 147 Å². The number of ether oxygens (including phenoxy) is 3. The number of nitrogens with zero attached hydrogens (tertiary/aromatic N) is 4. The van der Waals surface area contributed by atoms with E-state index in [2.05, 4.69) is 20.0 Å². The zero-order chi connectivity index (χ0) is 19.3. The van der Waals surface area contributed by atoms with Crippen LogP contribution < -0.4 is 10.8 Å². The van der Waals surface area contributed by atoms with Gasteiger partial charge in [-0.2, -0.15) is 0 Å². The number of nitrogens with two attached hydrogens (primary N) is 1. The first-order valence-electron chi connectivity index (χ1n) is 7.95. The van der Waals surface area contributed by atoms with Gasteiger partial charge in [0.05, 0.1) is 25.0 Å². The summed E-state index contributed by atoms with van der Waals surface area (Å²) in [5, 5.41) is 2.59. The first kappa shape index (κ1) is 20.7. The average Bonchev–Trinajstić information content (AvgIpc) is 2.98. The number of nitrogen functional groups attached to an aromatic ring is 1. The molecule has 0 saturated heterocycles. The van der Waals surface area contributed by atoms with Gasteiger partial charge < -0.3 is 29.4 Å². The summed E-state index contributed by atoms with van der Waals surface area (Å²) in [6.07, 6.45) is 1.58. The molecule has 0 amide bonds. The molecule has 2 aromatic rings. The van der Waals surface area contributed by atoms with Crippen LogP contribution in [0.1, 0.15) is 13.8 Å². The van der Waals surface area contributed by atoms with Gasteiger partial charge in [-0.25, -0.2) is 20.0 Å².